The van der Waals surface area contributed by atoms with Gasteiger partial charge in [0, 0.05) is 17.1 Å². The summed E-state index contributed by atoms with van der Waals surface area (Å²) in [6, 6.07) is 15.2. The standard InChI is InChI=1S/C19H18BrN3O3/c1-13-10-15(20)8-9-16(13)25-12-18(24)23(2)11-17-21-19(22-26-17)14-6-4-3-5-7-14/h3-10H,11-12H2,1-2H3. The summed E-state index contributed by atoms with van der Waals surface area (Å²) in [5.41, 5.74) is 1.82. The molecule has 0 aliphatic heterocycles. The van der Waals surface area contributed by atoms with Crippen LogP contribution >= 0.6 is 15.9 Å². The molecule has 2 aromatic carbocycles. The van der Waals surface area contributed by atoms with Gasteiger partial charge in [0.15, 0.2) is 6.61 Å². The van der Waals surface area contributed by atoms with E-state index >= 15 is 0 Å². The Morgan fingerprint density at radius 3 is 2.73 bits per heavy atom. The largest absolute Gasteiger partial charge is 0.483 e. The molecule has 0 atom stereocenters. The zero-order valence-electron chi connectivity index (χ0n) is 14.5. The smallest absolute Gasteiger partial charge is 0.260 e. The summed E-state index contributed by atoms with van der Waals surface area (Å²) in [5, 5.41) is 3.95. The van der Waals surface area contributed by atoms with Crippen LogP contribution in [0, 0.1) is 6.92 Å². The van der Waals surface area contributed by atoms with Gasteiger partial charge in [-0.1, -0.05) is 51.4 Å². The van der Waals surface area contributed by atoms with Crippen molar-refractivity contribution < 1.29 is 14.1 Å². The molecule has 1 aromatic heterocycles. The van der Waals surface area contributed by atoms with Gasteiger partial charge >= 0.3 is 0 Å². The van der Waals surface area contributed by atoms with Gasteiger partial charge in [-0.3, -0.25) is 4.79 Å². The maximum atomic E-state index is 12.3. The maximum Gasteiger partial charge on any atom is 0.260 e. The van der Waals surface area contributed by atoms with Gasteiger partial charge in [0.25, 0.3) is 5.91 Å². The van der Waals surface area contributed by atoms with Gasteiger partial charge in [0.05, 0.1) is 6.54 Å². The molecule has 3 rings (SSSR count). The van der Waals surface area contributed by atoms with E-state index in [2.05, 4.69) is 26.1 Å². The number of benzene rings is 2. The highest BCUT2D eigenvalue weighted by Gasteiger charge is 2.15. The van der Waals surface area contributed by atoms with E-state index < -0.39 is 0 Å². The van der Waals surface area contributed by atoms with Crippen molar-refractivity contribution in [2.24, 2.45) is 0 Å². The second-order valence-electron chi connectivity index (χ2n) is 5.83. The normalized spacial score (nSPS) is 10.6. The number of hydrogen-bond donors (Lipinski definition) is 0. The number of nitrogens with zero attached hydrogens (tertiary/aromatic N) is 3. The average Bonchev–Trinajstić information content (AvgIpc) is 3.10. The highest BCUT2D eigenvalue weighted by atomic mass is 79.9. The van der Waals surface area contributed by atoms with Crippen LogP contribution in [0.25, 0.3) is 11.4 Å². The van der Waals surface area contributed by atoms with Crippen molar-refractivity contribution in [2.45, 2.75) is 13.5 Å². The number of halogens is 1. The minimum Gasteiger partial charge on any atom is -0.483 e. The summed E-state index contributed by atoms with van der Waals surface area (Å²) in [6.45, 7) is 2.10. The van der Waals surface area contributed by atoms with Crippen molar-refractivity contribution in [1.29, 1.82) is 0 Å². The van der Waals surface area contributed by atoms with Gasteiger partial charge in [-0.05, 0) is 30.7 Å². The van der Waals surface area contributed by atoms with E-state index in [9.17, 15) is 4.79 Å². The summed E-state index contributed by atoms with van der Waals surface area (Å²) in [4.78, 5) is 18.1. The first-order chi connectivity index (χ1) is 12.5. The summed E-state index contributed by atoms with van der Waals surface area (Å²) >= 11 is 3.40. The number of ether oxygens (including phenoxy) is 1. The molecule has 0 spiro atoms. The molecule has 0 unspecified atom stereocenters. The van der Waals surface area contributed by atoms with E-state index in [1.54, 1.807) is 7.05 Å². The second kappa shape index (κ2) is 8.14. The second-order valence-corrected chi connectivity index (χ2v) is 6.74. The monoisotopic (exact) mass is 415 g/mol. The van der Waals surface area contributed by atoms with E-state index in [1.807, 2.05) is 55.5 Å². The van der Waals surface area contributed by atoms with Gasteiger partial charge in [-0.2, -0.15) is 4.98 Å². The molecular weight excluding hydrogens is 398 g/mol. The van der Waals surface area contributed by atoms with Crippen LogP contribution in [0.4, 0.5) is 0 Å². The van der Waals surface area contributed by atoms with Crippen molar-refractivity contribution in [3.8, 4) is 17.1 Å². The molecule has 26 heavy (non-hydrogen) atoms. The van der Waals surface area contributed by atoms with Crippen LogP contribution in [0.15, 0.2) is 57.5 Å². The maximum absolute atomic E-state index is 12.3. The highest BCUT2D eigenvalue weighted by Crippen LogP contribution is 2.22. The van der Waals surface area contributed by atoms with Crippen LogP contribution in [-0.2, 0) is 11.3 Å². The summed E-state index contributed by atoms with van der Waals surface area (Å²) < 4.78 is 11.8. The van der Waals surface area contributed by atoms with Crippen molar-refractivity contribution in [3.05, 3.63) is 64.5 Å². The summed E-state index contributed by atoms with van der Waals surface area (Å²) in [6.07, 6.45) is 0. The van der Waals surface area contributed by atoms with Crippen molar-refractivity contribution >= 4 is 21.8 Å². The zero-order chi connectivity index (χ0) is 18.5. The van der Waals surface area contributed by atoms with Crippen LogP contribution in [0.5, 0.6) is 5.75 Å². The van der Waals surface area contributed by atoms with Crippen LogP contribution in [-0.4, -0.2) is 34.6 Å². The fraction of sp³-hybridized carbons (Fsp3) is 0.211. The first-order valence-electron chi connectivity index (χ1n) is 8.04. The lowest BCUT2D eigenvalue weighted by molar-refractivity contribution is -0.132. The quantitative estimate of drug-likeness (QED) is 0.611. The Balaban J connectivity index is 1.57. The number of carbonyl (C=O) groups is 1. The molecule has 0 bridgehead atoms. The third-order valence-corrected chi connectivity index (χ3v) is 4.28. The lowest BCUT2D eigenvalue weighted by Gasteiger charge is -2.16. The van der Waals surface area contributed by atoms with Crippen LogP contribution < -0.4 is 4.74 Å². The number of hydrogen-bond acceptors (Lipinski definition) is 5. The molecule has 0 saturated carbocycles. The Kier molecular flexibility index (Phi) is 5.68. The topological polar surface area (TPSA) is 68.5 Å². The Morgan fingerprint density at radius 1 is 1.23 bits per heavy atom. The minimum absolute atomic E-state index is 0.0569. The first kappa shape index (κ1) is 18.1. The van der Waals surface area contributed by atoms with Crippen LogP contribution in [0.1, 0.15) is 11.5 Å². The van der Waals surface area contributed by atoms with Gasteiger partial charge < -0.3 is 14.2 Å². The summed E-state index contributed by atoms with van der Waals surface area (Å²) in [7, 11) is 1.67. The molecule has 0 N–H and O–H groups in total. The molecule has 0 fully saturated rings. The first-order valence-corrected chi connectivity index (χ1v) is 8.83. The molecular formula is C19H18BrN3O3. The molecule has 1 heterocycles. The van der Waals surface area contributed by atoms with Crippen LogP contribution in [0.3, 0.4) is 0 Å². The SMILES string of the molecule is Cc1cc(Br)ccc1OCC(=O)N(C)Cc1nc(-c2ccccc2)no1. The molecule has 0 aliphatic carbocycles. The lowest BCUT2D eigenvalue weighted by atomic mass is 10.2. The molecule has 7 heteroatoms. The number of aromatic nitrogens is 2. The molecule has 1 amide bonds. The predicted octanol–water partition coefficient (Wildman–Crippen LogP) is 3.84. The fourth-order valence-corrected chi connectivity index (χ4v) is 2.81. The van der Waals surface area contributed by atoms with E-state index in [1.165, 1.54) is 4.90 Å². The summed E-state index contributed by atoms with van der Waals surface area (Å²) in [5.74, 6) is 1.38. The predicted molar refractivity (Wildman–Crippen MR) is 101 cm³/mol. The number of likely N-dealkylation sites (N-methyl/N-ethyl adjacent to an activating group) is 1. The van der Waals surface area contributed by atoms with Crippen LogP contribution in [0.2, 0.25) is 0 Å². The number of carbonyl (C=O) groups excluding carboxylic acids is 1. The van der Waals surface area contributed by atoms with Gasteiger partial charge in [-0.25, -0.2) is 0 Å². The molecule has 134 valence electrons. The number of aryl methyl sites for hydroxylation is 1. The average molecular weight is 416 g/mol. The van der Waals surface area contributed by atoms with Gasteiger partial charge in [0.2, 0.25) is 11.7 Å². The lowest BCUT2D eigenvalue weighted by Crippen LogP contribution is -2.31. The molecule has 3 aromatic rings. The number of amides is 1. The van der Waals surface area contributed by atoms with Crippen molar-refractivity contribution in [3.63, 3.8) is 0 Å². The Morgan fingerprint density at radius 2 is 2.00 bits per heavy atom. The highest BCUT2D eigenvalue weighted by molar-refractivity contribution is 9.10. The van der Waals surface area contributed by atoms with E-state index in [-0.39, 0.29) is 19.1 Å². The van der Waals surface area contributed by atoms with E-state index in [0.717, 1.165) is 15.6 Å². The third-order valence-electron chi connectivity index (χ3n) is 3.79. The fourth-order valence-electron chi connectivity index (χ4n) is 2.34. The van der Waals surface area contributed by atoms with Gasteiger partial charge in [-0.15, -0.1) is 0 Å². The zero-order valence-corrected chi connectivity index (χ0v) is 16.1. The molecule has 0 aliphatic rings. The minimum atomic E-state index is -0.174. The Hall–Kier alpha value is -2.67. The molecule has 6 nitrogen and oxygen atoms in total. The molecule has 0 saturated heterocycles. The Labute approximate surface area is 159 Å². The number of rotatable bonds is 6. The Bertz CT molecular complexity index is 896. The molecule has 0 radical (unpaired) electrons. The van der Waals surface area contributed by atoms with Crippen molar-refractivity contribution in [2.75, 3.05) is 13.7 Å². The van der Waals surface area contributed by atoms with E-state index in [4.69, 9.17) is 9.26 Å². The van der Waals surface area contributed by atoms with E-state index in [0.29, 0.717) is 17.5 Å². The van der Waals surface area contributed by atoms with Crippen molar-refractivity contribution in [1.82, 2.24) is 15.0 Å². The van der Waals surface area contributed by atoms with Gasteiger partial charge in [0.1, 0.15) is 5.75 Å². The third kappa shape index (κ3) is 4.49.